The molecule has 0 aliphatic carbocycles. The Morgan fingerprint density at radius 2 is 2.07 bits per heavy atom. The van der Waals surface area contributed by atoms with Gasteiger partial charge in [0.25, 0.3) is 9.05 Å². The summed E-state index contributed by atoms with van der Waals surface area (Å²) in [5.74, 6) is 0. The Balaban J connectivity index is 2.87. The Hall–Kier alpha value is -0.780. The first-order valence-corrected chi connectivity index (χ1v) is 6.64. The second-order valence-electron chi connectivity index (χ2n) is 3.04. The first-order chi connectivity index (χ1) is 6.89. The lowest BCUT2D eigenvalue weighted by Gasteiger charge is -1.99. The van der Waals surface area contributed by atoms with Crippen molar-refractivity contribution in [3.05, 3.63) is 23.4 Å². The van der Waals surface area contributed by atoms with Crippen molar-refractivity contribution in [3.8, 4) is 0 Å². The average Bonchev–Trinajstić information content (AvgIpc) is 2.43. The summed E-state index contributed by atoms with van der Waals surface area (Å²) in [6.45, 7) is 0. The number of aryl methyl sites for hydroxylation is 1. The third-order valence-electron chi connectivity index (χ3n) is 2.07. The number of hydrogen-bond donors (Lipinski definition) is 0. The molecule has 2 aromatic heterocycles. The number of halogens is 2. The Labute approximate surface area is 95.9 Å². The number of nitrogens with zero attached hydrogens (tertiary/aromatic N) is 2. The van der Waals surface area contributed by atoms with Crippen LogP contribution >= 0.6 is 22.3 Å². The van der Waals surface area contributed by atoms with Gasteiger partial charge in [0.15, 0.2) is 5.03 Å². The topological polar surface area (TPSA) is 52.0 Å². The molecule has 2 rings (SSSR count). The van der Waals surface area contributed by atoms with Crippen LogP contribution in [0, 0.1) is 0 Å². The van der Waals surface area contributed by atoms with Crippen molar-refractivity contribution in [1.29, 1.82) is 0 Å². The fraction of sp³-hybridized carbons (Fsp3) is 0.125. The summed E-state index contributed by atoms with van der Waals surface area (Å²) in [5.41, 5.74) is 1.17. The van der Waals surface area contributed by atoms with Crippen molar-refractivity contribution in [3.63, 3.8) is 0 Å². The van der Waals surface area contributed by atoms with Gasteiger partial charge in [0.05, 0.1) is 16.1 Å². The van der Waals surface area contributed by atoms with Gasteiger partial charge in [-0.05, 0) is 6.07 Å². The van der Waals surface area contributed by atoms with Crippen molar-refractivity contribution >= 4 is 42.4 Å². The van der Waals surface area contributed by atoms with Crippen LogP contribution in [0.2, 0.25) is 5.02 Å². The highest BCUT2D eigenvalue weighted by Gasteiger charge is 2.17. The smallest absolute Gasteiger partial charge is 0.276 e. The summed E-state index contributed by atoms with van der Waals surface area (Å²) in [7, 11) is 3.10. The van der Waals surface area contributed by atoms with Crippen LogP contribution in [0.5, 0.6) is 0 Å². The molecular formula is C8H6Cl2N2O2S. The zero-order valence-corrected chi connectivity index (χ0v) is 9.94. The highest BCUT2D eigenvalue weighted by molar-refractivity contribution is 8.13. The van der Waals surface area contributed by atoms with Gasteiger partial charge in [-0.25, -0.2) is 8.42 Å². The van der Waals surface area contributed by atoms with E-state index in [9.17, 15) is 8.42 Å². The maximum atomic E-state index is 11.2. The van der Waals surface area contributed by atoms with Crippen molar-refractivity contribution < 1.29 is 8.42 Å². The SMILES string of the molecule is Cn1c(S(=O)(=O)Cl)cc2ncc(Cl)cc21. The maximum absolute atomic E-state index is 11.2. The molecule has 0 radical (unpaired) electrons. The molecule has 0 aromatic carbocycles. The monoisotopic (exact) mass is 264 g/mol. The predicted molar refractivity (Wildman–Crippen MR) is 58.8 cm³/mol. The van der Waals surface area contributed by atoms with Crippen LogP contribution in [0.15, 0.2) is 23.4 Å². The Kier molecular flexibility index (Phi) is 2.41. The zero-order chi connectivity index (χ0) is 11.2. The summed E-state index contributed by atoms with van der Waals surface area (Å²) in [6.07, 6.45) is 1.45. The number of fused-ring (bicyclic) bond motifs is 1. The van der Waals surface area contributed by atoms with Crippen LogP contribution < -0.4 is 0 Å². The molecule has 0 bridgehead atoms. The second-order valence-corrected chi connectivity index (χ2v) is 5.99. The van der Waals surface area contributed by atoms with Gasteiger partial charge in [0.1, 0.15) is 0 Å². The molecule has 15 heavy (non-hydrogen) atoms. The molecule has 2 aromatic rings. The third-order valence-corrected chi connectivity index (χ3v) is 3.64. The standard InChI is InChI=1S/C8H6Cl2N2O2S/c1-12-7-2-5(9)4-11-6(7)3-8(12)15(10,13)14/h2-4H,1H3. The molecule has 0 aliphatic rings. The minimum Gasteiger partial charge on any atom is -0.332 e. The number of pyridine rings is 1. The molecular weight excluding hydrogens is 259 g/mol. The number of hydrogen-bond acceptors (Lipinski definition) is 3. The van der Waals surface area contributed by atoms with Gasteiger partial charge in [0, 0.05) is 30.0 Å². The van der Waals surface area contributed by atoms with Crippen LogP contribution in [0.25, 0.3) is 11.0 Å². The van der Waals surface area contributed by atoms with E-state index in [2.05, 4.69) is 4.98 Å². The average molecular weight is 265 g/mol. The molecule has 7 heteroatoms. The van der Waals surface area contributed by atoms with E-state index in [1.165, 1.54) is 16.8 Å². The number of aromatic nitrogens is 2. The largest absolute Gasteiger partial charge is 0.332 e. The van der Waals surface area contributed by atoms with Gasteiger partial charge in [0.2, 0.25) is 0 Å². The lowest BCUT2D eigenvalue weighted by atomic mass is 10.4. The minimum atomic E-state index is -3.76. The first kappa shape index (κ1) is 10.7. The minimum absolute atomic E-state index is 0.00827. The van der Waals surface area contributed by atoms with E-state index in [0.717, 1.165) is 0 Å². The fourth-order valence-electron chi connectivity index (χ4n) is 1.39. The summed E-state index contributed by atoms with van der Waals surface area (Å²) in [4.78, 5) is 4.00. The van der Waals surface area contributed by atoms with Gasteiger partial charge in [-0.3, -0.25) is 4.98 Å². The molecule has 4 nitrogen and oxygen atoms in total. The van der Waals surface area contributed by atoms with Crippen molar-refractivity contribution in [2.24, 2.45) is 7.05 Å². The summed E-state index contributed by atoms with van der Waals surface area (Å²) in [5, 5.41) is 0.455. The van der Waals surface area contributed by atoms with E-state index in [0.29, 0.717) is 16.1 Å². The van der Waals surface area contributed by atoms with Crippen molar-refractivity contribution in [2.45, 2.75) is 5.03 Å². The van der Waals surface area contributed by atoms with Crippen molar-refractivity contribution in [1.82, 2.24) is 9.55 Å². The van der Waals surface area contributed by atoms with Crippen LogP contribution in [-0.4, -0.2) is 18.0 Å². The van der Waals surface area contributed by atoms with Gasteiger partial charge in [-0.2, -0.15) is 0 Å². The molecule has 0 amide bonds. The molecule has 0 atom stereocenters. The maximum Gasteiger partial charge on any atom is 0.276 e. The summed E-state index contributed by atoms with van der Waals surface area (Å²) >= 11 is 5.76. The van der Waals surface area contributed by atoms with Gasteiger partial charge in [-0.15, -0.1) is 0 Å². The lowest BCUT2D eigenvalue weighted by Crippen LogP contribution is -1.99. The quantitative estimate of drug-likeness (QED) is 0.742. The van der Waals surface area contributed by atoms with E-state index in [1.807, 2.05) is 0 Å². The fourth-order valence-corrected chi connectivity index (χ4v) is 2.66. The van der Waals surface area contributed by atoms with Gasteiger partial charge >= 0.3 is 0 Å². The second kappa shape index (κ2) is 3.37. The van der Waals surface area contributed by atoms with Gasteiger partial charge in [-0.1, -0.05) is 11.6 Å². The van der Waals surface area contributed by atoms with Gasteiger partial charge < -0.3 is 4.57 Å². The van der Waals surface area contributed by atoms with E-state index < -0.39 is 9.05 Å². The first-order valence-electron chi connectivity index (χ1n) is 3.95. The third kappa shape index (κ3) is 1.82. The van der Waals surface area contributed by atoms with Crippen molar-refractivity contribution in [2.75, 3.05) is 0 Å². The summed E-state index contributed by atoms with van der Waals surface area (Å²) in [6, 6.07) is 3.05. The summed E-state index contributed by atoms with van der Waals surface area (Å²) < 4.78 is 23.8. The molecule has 0 aliphatic heterocycles. The van der Waals surface area contributed by atoms with E-state index >= 15 is 0 Å². The zero-order valence-electron chi connectivity index (χ0n) is 7.61. The van der Waals surface area contributed by atoms with Crippen LogP contribution in [-0.2, 0) is 16.1 Å². The molecule has 2 heterocycles. The molecule has 0 saturated carbocycles. The molecule has 0 unspecified atom stereocenters. The molecule has 80 valence electrons. The van der Waals surface area contributed by atoms with E-state index in [-0.39, 0.29) is 5.03 Å². The predicted octanol–water partition coefficient (Wildman–Crippen LogP) is 2.15. The Morgan fingerprint density at radius 3 is 2.67 bits per heavy atom. The lowest BCUT2D eigenvalue weighted by molar-refractivity contribution is 0.601. The van der Waals surface area contributed by atoms with Crippen LogP contribution in [0.3, 0.4) is 0 Å². The van der Waals surface area contributed by atoms with E-state index in [4.69, 9.17) is 22.3 Å². The van der Waals surface area contributed by atoms with Crippen LogP contribution in [0.1, 0.15) is 0 Å². The van der Waals surface area contributed by atoms with Crippen LogP contribution in [0.4, 0.5) is 0 Å². The Bertz CT molecular complexity index is 633. The number of rotatable bonds is 1. The highest BCUT2D eigenvalue weighted by Crippen LogP contribution is 2.24. The molecule has 0 fully saturated rings. The van der Waals surface area contributed by atoms with E-state index in [1.54, 1.807) is 13.1 Å². The Morgan fingerprint density at radius 1 is 1.40 bits per heavy atom. The highest BCUT2D eigenvalue weighted by atomic mass is 35.7. The molecule has 0 N–H and O–H groups in total. The normalized spacial score (nSPS) is 12.2. The molecule has 0 spiro atoms. The molecule has 0 saturated heterocycles.